The normalized spacial score (nSPS) is 16.8. The number of hydrogen-bond acceptors (Lipinski definition) is 1. The van der Waals surface area contributed by atoms with E-state index >= 15 is 0 Å². The predicted octanol–water partition coefficient (Wildman–Crippen LogP) is 1.94. The summed E-state index contributed by atoms with van der Waals surface area (Å²) in [7, 11) is 0. The average Bonchev–Trinajstić information content (AvgIpc) is 1.87. The minimum Gasteiger partial charge on any atom is -0.324 e. The minimum atomic E-state index is 0.185. The molecule has 1 nitrogen and oxygen atoms in total. The standard InChI is InChI=1S/C8H17N/c1-4-6-7(3)8(9)5-2/h5,7-8H,2,4,6,9H2,1,3H3. The summed E-state index contributed by atoms with van der Waals surface area (Å²) in [4.78, 5) is 0. The zero-order chi connectivity index (χ0) is 7.28. The molecule has 54 valence electrons. The molecule has 0 radical (unpaired) electrons. The lowest BCUT2D eigenvalue weighted by atomic mass is 9.98. The van der Waals surface area contributed by atoms with E-state index in [2.05, 4.69) is 20.4 Å². The minimum absolute atomic E-state index is 0.185. The zero-order valence-corrected chi connectivity index (χ0v) is 6.43. The molecule has 2 N–H and O–H groups in total. The predicted molar refractivity (Wildman–Crippen MR) is 42.2 cm³/mol. The van der Waals surface area contributed by atoms with Crippen LogP contribution in [-0.4, -0.2) is 6.04 Å². The van der Waals surface area contributed by atoms with Crippen molar-refractivity contribution >= 4 is 0 Å². The average molecular weight is 127 g/mol. The van der Waals surface area contributed by atoms with Gasteiger partial charge in [-0.05, 0) is 12.3 Å². The molecule has 2 unspecified atom stereocenters. The number of nitrogens with two attached hydrogens (primary N) is 1. The van der Waals surface area contributed by atoms with E-state index in [1.54, 1.807) is 0 Å². The molecular weight excluding hydrogens is 110 g/mol. The summed E-state index contributed by atoms with van der Waals surface area (Å²) in [5.41, 5.74) is 5.68. The second-order valence-corrected chi connectivity index (χ2v) is 2.58. The molecule has 0 aliphatic heterocycles. The van der Waals surface area contributed by atoms with Crippen LogP contribution in [0.4, 0.5) is 0 Å². The van der Waals surface area contributed by atoms with Crippen LogP contribution in [0.15, 0.2) is 12.7 Å². The topological polar surface area (TPSA) is 26.0 Å². The Morgan fingerprint density at radius 2 is 2.22 bits per heavy atom. The fourth-order valence-corrected chi connectivity index (χ4v) is 0.880. The molecule has 9 heavy (non-hydrogen) atoms. The van der Waals surface area contributed by atoms with Gasteiger partial charge in [-0.2, -0.15) is 0 Å². The summed E-state index contributed by atoms with van der Waals surface area (Å²) in [5.74, 6) is 0.590. The Balaban J connectivity index is 3.44. The van der Waals surface area contributed by atoms with Gasteiger partial charge in [0.25, 0.3) is 0 Å². The van der Waals surface area contributed by atoms with Crippen LogP contribution >= 0.6 is 0 Å². The highest BCUT2D eigenvalue weighted by Crippen LogP contribution is 2.08. The summed E-state index contributed by atoms with van der Waals surface area (Å²) in [6.07, 6.45) is 4.23. The van der Waals surface area contributed by atoms with Crippen molar-refractivity contribution in [2.24, 2.45) is 11.7 Å². The van der Waals surface area contributed by atoms with Gasteiger partial charge in [0.2, 0.25) is 0 Å². The Kier molecular flexibility index (Phi) is 4.41. The van der Waals surface area contributed by atoms with Gasteiger partial charge < -0.3 is 5.73 Å². The third kappa shape index (κ3) is 3.31. The van der Waals surface area contributed by atoms with Crippen LogP contribution < -0.4 is 5.73 Å². The first kappa shape index (κ1) is 8.70. The largest absolute Gasteiger partial charge is 0.324 e. The van der Waals surface area contributed by atoms with Crippen molar-refractivity contribution in [1.29, 1.82) is 0 Å². The molecule has 0 aliphatic rings. The first-order valence-electron chi connectivity index (χ1n) is 3.60. The highest BCUT2D eigenvalue weighted by atomic mass is 14.6. The van der Waals surface area contributed by atoms with Crippen molar-refractivity contribution in [3.63, 3.8) is 0 Å². The van der Waals surface area contributed by atoms with E-state index in [4.69, 9.17) is 5.73 Å². The monoisotopic (exact) mass is 127 g/mol. The first-order valence-corrected chi connectivity index (χ1v) is 3.60. The quantitative estimate of drug-likeness (QED) is 0.574. The fraction of sp³-hybridized carbons (Fsp3) is 0.750. The second-order valence-electron chi connectivity index (χ2n) is 2.58. The van der Waals surface area contributed by atoms with Gasteiger partial charge >= 0.3 is 0 Å². The summed E-state index contributed by atoms with van der Waals surface area (Å²) in [6.45, 7) is 7.97. The van der Waals surface area contributed by atoms with Crippen LogP contribution in [0.5, 0.6) is 0 Å². The Labute approximate surface area is 57.9 Å². The Hall–Kier alpha value is -0.300. The molecule has 1 heteroatoms. The van der Waals surface area contributed by atoms with Gasteiger partial charge in [0, 0.05) is 6.04 Å². The molecule has 0 saturated heterocycles. The molecule has 2 atom stereocenters. The molecular formula is C8H17N. The van der Waals surface area contributed by atoms with Crippen molar-refractivity contribution in [3.8, 4) is 0 Å². The maximum Gasteiger partial charge on any atom is 0.0247 e. The summed E-state index contributed by atoms with van der Waals surface area (Å²) < 4.78 is 0. The smallest absolute Gasteiger partial charge is 0.0247 e. The molecule has 0 spiro atoms. The van der Waals surface area contributed by atoms with Crippen LogP contribution in [-0.2, 0) is 0 Å². The molecule has 0 aromatic heterocycles. The first-order chi connectivity index (χ1) is 4.22. The Bertz CT molecular complexity index is 78.6. The Morgan fingerprint density at radius 1 is 1.67 bits per heavy atom. The maximum atomic E-state index is 5.68. The lowest BCUT2D eigenvalue weighted by Gasteiger charge is -2.14. The maximum absolute atomic E-state index is 5.68. The van der Waals surface area contributed by atoms with Crippen molar-refractivity contribution in [3.05, 3.63) is 12.7 Å². The third-order valence-electron chi connectivity index (χ3n) is 1.67. The van der Waals surface area contributed by atoms with Gasteiger partial charge in [0.15, 0.2) is 0 Å². The van der Waals surface area contributed by atoms with E-state index in [0.717, 1.165) is 0 Å². The van der Waals surface area contributed by atoms with Crippen molar-refractivity contribution < 1.29 is 0 Å². The van der Waals surface area contributed by atoms with Gasteiger partial charge in [-0.25, -0.2) is 0 Å². The lowest BCUT2D eigenvalue weighted by molar-refractivity contribution is 0.475. The molecule has 0 heterocycles. The molecule has 0 aromatic carbocycles. The van der Waals surface area contributed by atoms with Crippen LogP contribution in [0.3, 0.4) is 0 Å². The van der Waals surface area contributed by atoms with Gasteiger partial charge in [-0.1, -0.05) is 26.3 Å². The van der Waals surface area contributed by atoms with Crippen molar-refractivity contribution in [1.82, 2.24) is 0 Å². The number of hydrogen-bond donors (Lipinski definition) is 1. The summed E-state index contributed by atoms with van der Waals surface area (Å²) in [6, 6.07) is 0.185. The second kappa shape index (κ2) is 4.57. The van der Waals surface area contributed by atoms with E-state index < -0.39 is 0 Å². The Morgan fingerprint density at radius 3 is 2.56 bits per heavy atom. The molecule has 0 bridgehead atoms. The van der Waals surface area contributed by atoms with Gasteiger partial charge in [0.05, 0.1) is 0 Å². The molecule has 0 saturated carbocycles. The van der Waals surface area contributed by atoms with Crippen molar-refractivity contribution in [2.45, 2.75) is 32.7 Å². The van der Waals surface area contributed by atoms with Crippen LogP contribution in [0.1, 0.15) is 26.7 Å². The van der Waals surface area contributed by atoms with Gasteiger partial charge in [-0.15, -0.1) is 6.58 Å². The van der Waals surface area contributed by atoms with E-state index in [1.165, 1.54) is 12.8 Å². The fourth-order valence-electron chi connectivity index (χ4n) is 0.880. The van der Waals surface area contributed by atoms with E-state index in [-0.39, 0.29) is 6.04 Å². The summed E-state index contributed by atoms with van der Waals surface area (Å²) >= 11 is 0. The van der Waals surface area contributed by atoms with Crippen molar-refractivity contribution in [2.75, 3.05) is 0 Å². The van der Waals surface area contributed by atoms with Gasteiger partial charge in [-0.3, -0.25) is 0 Å². The van der Waals surface area contributed by atoms with Crippen LogP contribution in [0.2, 0.25) is 0 Å². The van der Waals surface area contributed by atoms with Crippen LogP contribution in [0, 0.1) is 5.92 Å². The molecule has 0 rings (SSSR count). The third-order valence-corrected chi connectivity index (χ3v) is 1.67. The highest BCUT2D eigenvalue weighted by molar-refractivity contribution is 4.85. The molecule has 0 amide bonds. The van der Waals surface area contributed by atoms with Crippen LogP contribution in [0.25, 0.3) is 0 Å². The summed E-state index contributed by atoms with van der Waals surface area (Å²) in [5, 5.41) is 0. The lowest BCUT2D eigenvalue weighted by Crippen LogP contribution is -2.25. The molecule has 0 aliphatic carbocycles. The number of rotatable bonds is 4. The molecule has 0 fully saturated rings. The molecule has 0 aromatic rings. The highest BCUT2D eigenvalue weighted by Gasteiger charge is 2.05. The van der Waals surface area contributed by atoms with E-state index in [0.29, 0.717) is 5.92 Å². The zero-order valence-electron chi connectivity index (χ0n) is 6.43. The van der Waals surface area contributed by atoms with E-state index in [9.17, 15) is 0 Å². The van der Waals surface area contributed by atoms with Gasteiger partial charge in [0.1, 0.15) is 0 Å². The van der Waals surface area contributed by atoms with E-state index in [1.807, 2.05) is 6.08 Å². The SMILES string of the molecule is C=CC(N)C(C)CCC.